The molecule has 3 heteroatoms. The highest BCUT2D eigenvalue weighted by Crippen LogP contribution is 2.27. The first-order valence-corrected chi connectivity index (χ1v) is 4.25. The summed E-state index contributed by atoms with van der Waals surface area (Å²) in [6.45, 7) is 2.10. The molecule has 1 N–H and O–H groups in total. The van der Waals surface area contributed by atoms with Crippen molar-refractivity contribution >= 4 is 5.91 Å². The van der Waals surface area contributed by atoms with Gasteiger partial charge in [0.1, 0.15) is 0 Å². The van der Waals surface area contributed by atoms with Crippen molar-refractivity contribution in [3.63, 3.8) is 0 Å². The molecule has 1 amide bonds. The van der Waals surface area contributed by atoms with Crippen LogP contribution in [0.15, 0.2) is 0 Å². The third-order valence-corrected chi connectivity index (χ3v) is 2.90. The van der Waals surface area contributed by atoms with Crippen molar-refractivity contribution in [2.75, 3.05) is 20.1 Å². The highest BCUT2D eigenvalue weighted by Gasteiger charge is 2.38. The van der Waals surface area contributed by atoms with Gasteiger partial charge in [-0.1, -0.05) is 0 Å². The van der Waals surface area contributed by atoms with Crippen LogP contribution in [0.1, 0.15) is 12.8 Å². The summed E-state index contributed by atoms with van der Waals surface area (Å²) in [6.07, 6.45) is 1.89. The van der Waals surface area contributed by atoms with Crippen LogP contribution < -0.4 is 5.32 Å². The largest absolute Gasteiger partial charge is 0.342 e. The van der Waals surface area contributed by atoms with Gasteiger partial charge in [0, 0.05) is 32.0 Å². The van der Waals surface area contributed by atoms with Crippen molar-refractivity contribution < 1.29 is 4.79 Å². The molecular formula is C8H14N2O. The predicted octanol–water partition coefficient (Wildman–Crippen LogP) is -0.173. The first kappa shape index (κ1) is 7.10. The van der Waals surface area contributed by atoms with Crippen LogP contribution in [0, 0.1) is 5.92 Å². The molecule has 0 spiro atoms. The minimum Gasteiger partial charge on any atom is -0.342 e. The van der Waals surface area contributed by atoms with Gasteiger partial charge in [0.05, 0.1) is 0 Å². The molecule has 2 aliphatic rings. The maximum Gasteiger partial charge on any atom is 0.222 e. The molecule has 0 aromatic rings. The fourth-order valence-corrected chi connectivity index (χ4v) is 2.18. The summed E-state index contributed by atoms with van der Waals surface area (Å²) in [6, 6.07) is 0.531. The van der Waals surface area contributed by atoms with Crippen LogP contribution in [0.5, 0.6) is 0 Å². The van der Waals surface area contributed by atoms with Crippen LogP contribution >= 0.6 is 0 Å². The molecule has 0 radical (unpaired) electrons. The number of nitrogens with one attached hydrogen (secondary N) is 1. The summed E-state index contributed by atoms with van der Waals surface area (Å²) in [5.41, 5.74) is 0. The SMILES string of the molecule is CN1C(=O)C[C@H]2CNCC[C@H]21. The lowest BCUT2D eigenvalue weighted by Crippen LogP contribution is -2.42. The summed E-state index contributed by atoms with van der Waals surface area (Å²) >= 11 is 0. The molecule has 0 saturated carbocycles. The maximum absolute atomic E-state index is 11.2. The molecule has 0 aliphatic carbocycles. The zero-order valence-electron chi connectivity index (χ0n) is 6.84. The highest BCUT2D eigenvalue weighted by molar-refractivity contribution is 5.79. The summed E-state index contributed by atoms with van der Waals surface area (Å²) in [5.74, 6) is 0.907. The van der Waals surface area contributed by atoms with Crippen LogP contribution in [0.3, 0.4) is 0 Å². The first-order valence-electron chi connectivity index (χ1n) is 4.25. The third-order valence-electron chi connectivity index (χ3n) is 2.90. The smallest absolute Gasteiger partial charge is 0.222 e. The Hall–Kier alpha value is -0.570. The van der Waals surface area contributed by atoms with E-state index in [1.165, 1.54) is 0 Å². The van der Waals surface area contributed by atoms with Gasteiger partial charge in [0.25, 0.3) is 0 Å². The minimum atomic E-state index is 0.323. The van der Waals surface area contributed by atoms with E-state index in [1.54, 1.807) is 0 Å². The molecule has 2 atom stereocenters. The van der Waals surface area contributed by atoms with E-state index in [1.807, 2.05) is 11.9 Å². The van der Waals surface area contributed by atoms with Crippen molar-refractivity contribution in [1.29, 1.82) is 0 Å². The summed E-state index contributed by atoms with van der Waals surface area (Å²) in [4.78, 5) is 13.2. The van der Waals surface area contributed by atoms with Gasteiger partial charge in [0.15, 0.2) is 0 Å². The molecular weight excluding hydrogens is 140 g/mol. The average molecular weight is 154 g/mol. The predicted molar refractivity (Wildman–Crippen MR) is 42.2 cm³/mol. The van der Waals surface area contributed by atoms with Crippen LogP contribution in [0.25, 0.3) is 0 Å². The standard InChI is InChI=1S/C8H14N2O/c1-10-7-2-3-9-5-6(7)4-8(10)11/h6-7,9H,2-5H2,1H3/t6-,7+/m0/s1. The van der Waals surface area contributed by atoms with Crippen LogP contribution in [-0.4, -0.2) is 37.0 Å². The fraction of sp³-hybridized carbons (Fsp3) is 0.875. The Morgan fingerprint density at radius 2 is 2.45 bits per heavy atom. The number of hydrogen-bond donors (Lipinski definition) is 1. The normalized spacial score (nSPS) is 37.5. The fourth-order valence-electron chi connectivity index (χ4n) is 2.18. The Morgan fingerprint density at radius 3 is 3.18 bits per heavy atom. The Labute approximate surface area is 66.8 Å². The molecule has 0 bridgehead atoms. The number of nitrogens with zero attached hydrogens (tertiary/aromatic N) is 1. The van der Waals surface area contributed by atoms with Gasteiger partial charge in [-0.25, -0.2) is 0 Å². The molecule has 2 fully saturated rings. The van der Waals surface area contributed by atoms with E-state index in [2.05, 4.69) is 5.32 Å². The molecule has 0 unspecified atom stereocenters. The third kappa shape index (κ3) is 1.03. The van der Waals surface area contributed by atoms with E-state index >= 15 is 0 Å². The summed E-state index contributed by atoms with van der Waals surface area (Å²) < 4.78 is 0. The highest BCUT2D eigenvalue weighted by atomic mass is 16.2. The zero-order chi connectivity index (χ0) is 7.84. The second kappa shape index (κ2) is 2.48. The van der Waals surface area contributed by atoms with E-state index in [9.17, 15) is 4.79 Å². The second-order valence-corrected chi connectivity index (χ2v) is 3.53. The van der Waals surface area contributed by atoms with E-state index in [0.29, 0.717) is 17.9 Å². The lowest BCUT2D eigenvalue weighted by Gasteiger charge is -2.29. The zero-order valence-corrected chi connectivity index (χ0v) is 6.84. The monoisotopic (exact) mass is 154 g/mol. The molecule has 0 aromatic heterocycles. The van der Waals surface area contributed by atoms with Crippen molar-refractivity contribution in [2.24, 2.45) is 5.92 Å². The second-order valence-electron chi connectivity index (χ2n) is 3.53. The van der Waals surface area contributed by atoms with Crippen molar-refractivity contribution in [2.45, 2.75) is 18.9 Å². The van der Waals surface area contributed by atoms with Gasteiger partial charge in [-0.15, -0.1) is 0 Å². The Bertz CT molecular complexity index is 181. The number of amides is 1. The molecule has 2 rings (SSSR count). The molecule has 2 saturated heterocycles. The van der Waals surface area contributed by atoms with Gasteiger partial charge in [-0.05, 0) is 13.0 Å². The molecule has 2 heterocycles. The average Bonchev–Trinajstić information content (AvgIpc) is 2.30. The first-order chi connectivity index (χ1) is 5.29. The van der Waals surface area contributed by atoms with E-state index < -0.39 is 0 Å². The molecule has 2 aliphatic heterocycles. The van der Waals surface area contributed by atoms with E-state index in [0.717, 1.165) is 25.9 Å². The summed E-state index contributed by atoms with van der Waals surface area (Å²) in [5, 5.41) is 3.32. The number of piperidine rings is 1. The Balaban J connectivity index is 2.11. The maximum atomic E-state index is 11.2. The van der Waals surface area contributed by atoms with Gasteiger partial charge >= 0.3 is 0 Å². The number of hydrogen-bond acceptors (Lipinski definition) is 2. The topological polar surface area (TPSA) is 32.3 Å². The number of rotatable bonds is 0. The van der Waals surface area contributed by atoms with Crippen LogP contribution in [0.4, 0.5) is 0 Å². The number of likely N-dealkylation sites (tertiary alicyclic amines) is 1. The van der Waals surface area contributed by atoms with Crippen molar-refractivity contribution in [1.82, 2.24) is 10.2 Å². The molecule has 11 heavy (non-hydrogen) atoms. The Kier molecular flexibility index (Phi) is 1.60. The Morgan fingerprint density at radius 1 is 1.64 bits per heavy atom. The van der Waals surface area contributed by atoms with Gasteiger partial charge < -0.3 is 10.2 Å². The molecule has 3 nitrogen and oxygen atoms in total. The van der Waals surface area contributed by atoms with Gasteiger partial charge in [-0.3, -0.25) is 4.79 Å². The number of carbonyl (C=O) groups is 1. The number of carbonyl (C=O) groups excluding carboxylic acids is 1. The van der Waals surface area contributed by atoms with Gasteiger partial charge in [-0.2, -0.15) is 0 Å². The molecule has 62 valence electrons. The quantitative estimate of drug-likeness (QED) is 0.525. The summed E-state index contributed by atoms with van der Waals surface area (Å²) in [7, 11) is 1.93. The van der Waals surface area contributed by atoms with Crippen LogP contribution in [-0.2, 0) is 4.79 Å². The lowest BCUT2D eigenvalue weighted by atomic mass is 9.94. The minimum absolute atomic E-state index is 0.323. The van der Waals surface area contributed by atoms with Crippen LogP contribution in [0.2, 0.25) is 0 Å². The number of fused-ring (bicyclic) bond motifs is 1. The van der Waals surface area contributed by atoms with Crippen molar-refractivity contribution in [3.05, 3.63) is 0 Å². The van der Waals surface area contributed by atoms with Gasteiger partial charge in [0.2, 0.25) is 5.91 Å². The van der Waals surface area contributed by atoms with Crippen molar-refractivity contribution in [3.8, 4) is 0 Å². The van der Waals surface area contributed by atoms with E-state index in [-0.39, 0.29) is 0 Å². The lowest BCUT2D eigenvalue weighted by molar-refractivity contribution is -0.127. The van der Waals surface area contributed by atoms with E-state index in [4.69, 9.17) is 0 Å². The molecule has 0 aromatic carbocycles.